The fourth-order valence-electron chi connectivity index (χ4n) is 2.44. The maximum Gasteiger partial charge on any atom is 0.340 e. The van der Waals surface area contributed by atoms with E-state index in [1.165, 1.54) is 0 Å². The molecule has 0 radical (unpaired) electrons. The maximum atomic E-state index is 12.3. The Morgan fingerprint density at radius 2 is 1.96 bits per heavy atom. The number of nitrogens with zero attached hydrogens (tertiary/aromatic N) is 2. The Morgan fingerprint density at radius 1 is 1.26 bits per heavy atom. The third kappa shape index (κ3) is 4.27. The molecule has 0 aliphatic rings. The lowest BCUT2D eigenvalue weighted by atomic mass is 10.1. The Kier molecular flexibility index (Phi) is 6.06. The molecular weight excluding hydrogens is 288 g/mol. The molecule has 0 amide bonds. The van der Waals surface area contributed by atoms with E-state index in [1.807, 2.05) is 42.5 Å². The summed E-state index contributed by atoms with van der Waals surface area (Å²) in [4.78, 5) is 19.1. The highest BCUT2D eigenvalue weighted by atomic mass is 16.5. The van der Waals surface area contributed by atoms with Crippen molar-refractivity contribution in [3.8, 4) is 0 Å². The van der Waals surface area contributed by atoms with Gasteiger partial charge in [-0.15, -0.1) is 13.2 Å². The summed E-state index contributed by atoms with van der Waals surface area (Å²) in [6, 6.07) is 9.61. The number of fused-ring (bicyclic) bond motifs is 1. The highest BCUT2D eigenvalue weighted by molar-refractivity contribution is 5.95. The molecule has 0 saturated heterocycles. The first kappa shape index (κ1) is 16.9. The molecular formula is C19H22N2O2. The molecule has 1 heterocycles. The zero-order valence-corrected chi connectivity index (χ0v) is 13.5. The van der Waals surface area contributed by atoms with Gasteiger partial charge in [-0.05, 0) is 19.1 Å². The fraction of sp³-hybridized carbons (Fsp3) is 0.263. The Balaban J connectivity index is 2.44. The van der Waals surface area contributed by atoms with Gasteiger partial charge in [0.05, 0.1) is 23.4 Å². The SMILES string of the molecule is C=CCN(CC=C)Cc1nc2ccccc2cc1C(=O)OCC. The third-order valence-electron chi connectivity index (χ3n) is 3.45. The Bertz CT molecular complexity index is 700. The molecule has 0 spiro atoms. The molecule has 2 rings (SSSR count). The molecule has 120 valence electrons. The molecule has 4 heteroatoms. The van der Waals surface area contributed by atoms with E-state index >= 15 is 0 Å². The Hall–Kier alpha value is -2.46. The van der Waals surface area contributed by atoms with Crippen LogP contribution in [-0.4, -0.2) is 35.5 Å². The van der Waals surface area contributed by atoms with Crippen molar-refractivity contribution in [2.45, 2.75) is 13.5 Å². The summed E-state index contributed by atoms with van der Waals surface area (Å²) in [7, 11) is 0. The first-order chi connectivity index (χ1) is 11.2. The van der Waals surface area contributed by atoms with Crippen LogP contribution >= 0.6 is 0 Å². The van der Waals surface area contributed by atoms with Crippen LogP contribution in [0.25, 0.3) is 10.9 Å². The normalized spacial score (nSPS) is 10.7. The number of hydrogen-bond acceptors (Lipinski definition) is 4. The van der Waals surface area contributed by atoms with Crippen molar-refractivity contribution < 1.29 is 9.53 Å². The van der Waals surface area contributed by atoms with Gasteiger partial charge in [-0.1, -0.05) is 30.4 Å². The Morgan fingerprint density at radius 3 is 2.61 bits per heavy atom. The molecule has 1 aromatic heterocycles. The molecule has 4 nitrogen and oxygen atoms in total. The van der Waals surface area contributed by atoms with Crippen LogP contribution in [0.5, 0.6) is 0 Å². The van der Waals surface area contributed by atoms with Crippen molar-refractivity contribution in [1.82, 2.24) is 9.88 Å². The number of hydrogen-bond donors (Lipinski definition) is 0. The van der Waals surface area contributed by atoms with Crippen molar-refractivity contribution in [2.75, 3.05) is 19.7 Å². The van der Waals surface area contributed by atoms with E-state index in [2.05, 4.69) is 23.0 Å². The van der Waals surface area contributed by atoms with Gasteiger partial charge in [-0.2, -0.15) is 0 Å². The van der Waals surface area contributed by atoms with Crippen molar-refractivity contribution in [2.24, 2.45) is 0 Å². The lowest BCUT2D eigenvalue weighted by Crippen LogP contribution is -2.25. The van der Waals surface area contributed by atoms with Crippen LogP contribution in [0.3, 0.4) is 0 Å². The molecule has 0 fully saturated rings. The average molecular weight is 310 g/mol. The van der Waals surface area contributed by atoms with E-state index in [9.17, 15) is 4.79 Å². The Labute approximate surface area is 137 Å². The molecule has 0 saturated carbocycles. The van der Waals surface area contributed by atoms with Crippen molar-refractivity contribution in [3.63, 3.8) is 0 Å². The fourth-order valence-corrected chi connectivity index (χ4v) is 2.44. The van der Waals surface area contributed by atoms with E-state index in [-0.39, 0.29) is 5.97 Å². The summed E-state index contributed by atoms with van der Waals surface area (Å²) < 4.78 is 5.18. The summed E-state index contributed by atoms with van der Waals surface area (Å²) in [5.74, 6) is -0.335. The van der Waals surface area contributed by atoms with Gasteiger partial charge in [0.25, 0.3) is 0 Å². The number of pyridine rings is 1. The van der Waals surface area contributed by atoms with Gasteiger partial charge in [-0.3, -0.25) is 9.88 Å². The second-order valence-electron chi connectivity index (χ2n) is 5.17. The molecule has 0 bridgehead atoms. The minimum absolute atomic E-state index is 0.335. The monoisotopic (exact) mass is 310 g/mol. The van der Waals surface area contributed by atoms with Gasteiger partial charge in [0.2, 0.25) is 0 Å². The van der Waals surface area contributed by atoms with Crippen LogP contribution in [0.1, 0.15) is 23.0 Å². The van der Waals surface area contributed by atoms with Gasteiger partial charge >= 0.3 is 5.97 Å². The second-order valence-corrected chi connectivity index (χ2v) is 5.17. The highest BCUT2D eigenvalue weighted by Gasteiger charge is 2.17. The zero-order chi connectivity index (χ0) is 16.7. The topological polar surface area (TPSA) is 42.4 Å². The number of aromatic nitrogens is 1. The van der Waals surface area contributed by atoms with Gasteiger partial charge < -0.3 is 4.74 Å². The standard InChI is InChI=1S/C19H22N2O2/c1-4-11-21(12-5-2)14-18-16(19(22)23-6-3)13-15-9-7-8-10-17(15)20-18/h4-5,7-10,13H,1-2,6,11-12,14H2,3H3. The van der Waals surface area contributed by atoms with Crippen LogP contribution < -0.4 is 0 Å². The highest BCUT2D eigenvalue weighted by Crippen LogP contribution is 2.19. The maximum absolute atomic E-state index is 12.3. The number of carbonyl (C=O) groups excluding carboxylic acids is 1. The predicted octanol–water partition coefficient (Wildman–Crippen LogP) is 3.59. The molecule has 0 aliphatic heterocycles. The molecule has 0 N–H and O–H groups in total. The molecule has 1 aromatic carbocycles. The number of ether oxygens (including phenoxy) is 1. The number of carbonyl (C=O) groups is 1. The second kappa shape index (κ2) is 8.25. The van der Waals surface area contributed by atoms with Crippen LogP contribution in [-0.2, 0) is 11.3 Å². The molecule has 0 unspecified atom stereocenters. The van der Waals surface area contributed by atoms with Crippen LogP contribution in [0, 0.1) is 0 Å². The summed E-state index contributed by atoms with van der Waals surface area (Å²) in [5, 5.41) is 0.929. The number of rotatable bonds is 8. The third-order valence-corrected chi connectivity index (χ3v) is 3.45. The van der Waals surface area contributed by atoms with Gasteiger partial charge in [-0.25, -0.2) is 4.79 Å². The van der Waals surface area contributed by atoms with Crippen LogP contribution in [0.2, 0.25) is 0 Å². The number of esters is 1. The van der Waals surface area contributed by atoms with E-state index in [4.69, 9.17) is 4.74 Å². The van der Waals surface area contributed by atoms with Gasteiger partial charge in [0, 0.05) is 25.0 Å². The van der Waals surface area contributed by atoms with Crippen LogP contribution in [0.15, 0.2) is 55.6 Å². The first-order valence-corrected chi connectivity index (χ1v) is 7.69. The van der Waals surface area contributed by atoms with Crippen molar-refractivity contribution in [1.29, 1.82) is 0 Å². The summed E-state index contributed by atoms with van der Waals surface area (Å²) in [6.45, 7) is 11.6. The molecule has 0 aliphatic carbocycles. The molecule has 23 heavy (non-hydrogen) atoms. The smallest absolute Gasteiger partial charge is 0.340 e. The number of para-hydroxylation sites is 1. The largest absolute Gasteiger partial charge is 0.462 e. The van der Waals surface area contributed by atoms with E-state index in [1.54, 1.807) is 6.92 Å². The zero-order valence-electron chi connectivity index (χ0n) is 13.5. The van der Waals surface area contributed by atoms with E-state index in [0.717, 1.165) is 10.9 Å². The van der Waals surface area contributed by atoms with E-state index in [0.29, 0.717) is 37.5 Å². The van der Waals surface area contributed by atoms with Crippen molar-refractivity contribution >= 4 is 16.9 Å². The summed E-state index contributed by atoms with van der Waals surface area (Å²) in [5.41, 5.74) is 2.10. The van der Waals surface area contributed by atoms with Gasteiger partial charge in [0.15, 0.2) is 0 Å². The van der Waals surface area contributed by atoms with Crippen molar-refractivity contribution in [3.05, 3.63) is 66.9 Å². The average Bonchev–Trinajstić information content (AvgIpc) is 2.55. The quantitative estimate of drug-likeness (QED) is 0.552. The molecule has 0 atom stereocenters. The summed E-state index contributed by atoms with van der Waals surface area (Å²) in [6.07, 6.45) is 3.66. The minimum Gasteiger partial charge on any atom is -0.462 e. The first-order valence-electron chi connectivity index (χ1n) is 7.69. The lowest BCUT2D eigenvalue weighted by molar-refractivity contribution is 0.0523. The van der Waals surface area contributed by atoms with Gasteiger partial charge in [0.1, 0.15) is 0 Å². The predicted molar refractivity (Wildman–Crippen MR) is 93.4 cm³/mol. The summed E-state index contributed by atoms with van der Waals surface area (Å²) >= 11 is 0. The minimum atomic E-state index is -0.335. The number of benzene rings is 1. The lowest BCUT2D eigenvalue weighted by Gasteiger charge is -2.20. The molecule has 2 aromatic rings. The van der Waals surface area contributed by atoms with E-state index < -0.39 is 0 Å². The van der Waals surface area contributed by atoms with Crippen LogP contribution in [0.4, 0.5) is 0 Å².